The second-order valence-electron chi connectivity index (χ2n) is 10.1. The van der Waals surface area contributed by atoms with Crippen molar-refractivity contribution >= 4 is 28.5 Å². The molecule has 1 amide bonds. The number of nitrogens with zero attached hydrogens (tertiary/aromatic N) is 5. The van der Waals surface area contributed by atoms with Crippen molar-refractivity contribution in [3.05, 3.63) is 93.8 Å². The predicted octanol–water partition coefficient (Wildman–Crippen LogP) is 4.92. The molecule has 10 heteroatoms. The Kier molecular flexibility index (Phi) is 6.74. The summed E-state index contributed by atoms with van der Waals surface area (Å²) in [6.07, 6.45) is 6.86. The summed E-state index contributed by atoms with van der Waals surface area (Å²) in [6, 6.07) is 17.4. The number of halogens is 1. The van der Waals surface area contributed by atoms with Crippen LogP contribution in [0.3, 0.4) is 0 Å². The Morgan fingerprint density at radius 1 is 1.08 bits per heavy atom. The molecule has 0 aliphatic heterocycles. The zero-order valence-corrected chi connectivity index (χ0v) is 22.2. The Hall–Kier alpha value is -4.24. The monoisotopic (exact) mass is 541 g/mol. The summed E-state index contributed by atoms with van der Waals surface area (Å²) >= 11 is 6.04. The molecule has 198 valence electrons. The Morgan fingerprint density at radius 3 is 2.54 bits per heavy atom. The minimum atomic E-state index is -0.139. The van der Waals surface area contributed by atoms with Crippen LogP contribution in [0.15, 0.2) is 71.8 Å². The molecule has 2 aromatic carbocycles. The van der Waals surface area contributed by atoms with Crippen LogP contribution in [0, 0.1) is 12.8 Å². The minimum Gasteiger partial charge on any atom is -0.349 e. The number of amides is 1. The van der Waals surface area contributed by atoms with E-state index in [0.29, 0.717) is 28.7 Å². The molecule has 3 heterocycles. The number of aromatic nitrogens is 6. The van der Waals surface area contributed by atoms with Gasteiger partial charge in [0, 0.05) is 30.5 Å². The molecule has 1 aliphatic carbocycles. The number of rotatable bonds is 6. The molecule has 2 N–H and O–H groups in total. The fraction of sp³-hybridized carbons (Fsp3) is 0.276. The second-order valence-corrected chi connectivity index (χ2v) is 10.5. The van der Waals surface area contributed by atoms with Crippen molar-refractivity contribution in [3.8, 4) is 16.9 Å². The van der Waals surface area contributed by atoms with E-state index in [4.69, 9.17) is 11.6 Å². The van der Waals surface area contributed by atoms with E-state index in [2.05, 4.69) is 25.7 Å². The number of aryl methyl sites for hydroxylation is 1. The SMILES string of the molecule is Cc1ncc(Cl)cc1C(=O)NC1CCC(Cn2c(=O)n(-c3ccc(-c4c[nH]nn4)cc3)c3ccccc32)CC1. The van der Waals surface area contributed by atoms with Crippen molar-refractivity contribution < 1.29 is 4.79 Å². The third kappa shape index (κ3) is 4.97. The topological polar surface area (TPSA) is 110 Å². The number of hydrogen-bond acceptors (Lipinski definition) is 5. The third-order valence-corrected chi connectivity index (χ3v) is 7.80. The number of aromatic amines is 1. The predicted molar refractivity (Wildman–Crippen MR) is 150 cm³/mol. The van der Waals surface area contributed by atoms with Gasteiger partial charge >= 0.3 is 5.69 Å². The molecule has 6 rings (SSSR count). The van der Waals surface area contributed by atoms with Crippen molar-refractivity contribution in [2.24, 2.45) is 5.92 Å². The highest BCUT2D eigenvalue weighted by molar-refractivity contribution is 6.30. The van der Waals surface area contributed by atoms with E-state index in [9.17, 15) is 9.59 Å². The van der Waals surface area contributed by atoms with E-state index in [-0.39, 0.29) is 17.6 Å². The molecule has 9 nitrogen and oxygen atoms in total. The maximum atomic E-state index is 13.7. The molecule has 1 aliphatic rings. The number of para-hydroxylation sites is 2. The van der Waals surface area contributed by atoms with E-state index in [1.165, 1.54) is 0 Å². The average molecular weight is 542 g/mol. The van der Waals surface area contributed by atoms with Gasteiger partial charge in [-0.1, -0.05) is 41.1 Å². The number of fused-ring (bicyclic) bond motifs is 1. The highest BCUT2D eigenvalue weighted by atomic mass is 35.5. The number of hydrogen-bond donors (Lipinski definition) is 2. The van der Waals surface area contributed by atoms with Crippen molar-refractivity contribution in [1.29, 1.82) is 0 Å². The smallest absolute Gasteiger partial charge is 0.333 e. The fourth-order valence-electron chi connectivity index (χ4n) is 5.51. The number of pyridine rings is 1. The van der Waals surface area contributed by atoms with Crippen molar-refractivity contribution in [3.63, 3.8) is 0 Å². The van der Waals surface area contributed by atoms with Crippen molar-refractivity contribution in [2.45, 2.75) is 45.2 Å². The van der Waals surface area contributed by atoms with Gasteiger partial charge in [0.15, 0.2) is 0 Å². The Balaban J connectivity index is 1.18. The molecule has 1 fully saturated rings. The Bertz CT molecular complexity index is 1680. The second kappa shape index (κ2) is 10.5. The van der Waals surface area contributed by atoms with Crippen LogP contribution in [-0.2, 0) is 6.54 Å². The standard InChI is InChI=1S/C29H28ClN7O2/c1-18-24(14-21(30)15-31-18)28(38)33-22-10-6-19(7-11-22)17-36-26-4-2-3-5-27(26)37(29(36)39)23-12-8-20(9-13-23)25-16-32-35-34-25/h2-5,8-9,12-16,19,22H,6-7,10-11,17H2,1H3,(H,33,38)(H,32,34,35). The van der Waals surface area contributed by atoms with Gasteiger partial charge in [-0.25, -0.2) is 4.79 Å². The number of imidazole rings is 1. The zero-order valence-electron chi connectivity index (χ0n) is 21.5. The first kappa shape index (κ1) is 25.1. The van der Waals surface area contributed by atoms with Crippen LogP contribution in [0.4, 0.5) is 0 Å². The van der Waals surface area contributed by atoms with E-state index < -0.39 is 0 Å². The summed E-state index contributed by atoms with van der Waals surface area (Å²) in [5, 5.41) is 14.2. The Morgan fingerprint density at radius 2 is 1.82 bits per heavy atom. The van der Waals surface area contributed by atoms with Gasteiger partial charge in [-0.05, 0) is 68.9 Å². The average Bonchev–Trinajstić information content (AvgIpc) is 3.58. The van der Waals surface area contributed by atoms with Crippen molar-refractivity contribution in [2.75, 3.05) is 0 Å². The van der Waals surface area contributed by atoms with Gasteiger partial charge in [0.25, 0.3) is 5.91 Å². The van der Waals surface area contributed by atoms with Gasteiger partial charge in [-0.3, -0.25) is 24.0 Å². The van der Waals surface area contributed by atoms with Crippen LogP contribution in [0.1, 0.15) is 41.7 Å². The summed E-state index contributed by atoms with van der Waals surface area (Å²) in [4.78, 5) is 30.7. The zero-order chi connectivity index (χ0) is 26.9. The third-order valence-electron chi connectivity index (χ3n) is 7.59. The summed E-state index contributed by atoms with van der Waals surface area (Å²) in [5.74, 6) is 0.207. The number of carbonyl (C=O) groups excluding carboxylic acids is 1. The molecular weight excluding hydrogens is 514 g/mol. The van der Waals surface area contributed by atoms with Crippen LogP contribution in [0.5, 0.6) is 0 Å². The number of H-pyrrole nitrogens is 1. The first-order valence-electron chi connectivity index (χ1n) is 13.1. The van der Waals surface area contributed by atoms with Crippen molar-refractivity contribution in [1.82, 2.24) is 34.8 Å². The van der Waals surface area contributed by atoms with Crippen LogP contribution in [0.2, 0.25) is 5.02 Å². The lowest BCUT2D eigenvalue weighted by Crippen LogP contribution is -2.39. The summed E-state index contributed by atoms with van der Waals surface area (Å²) < 4.78 is 3.67. The van der Waals surface area contributed by atoms with E-state index >= 15 is 0 Å². The molecule has 0 spiro atoms. The van der Waals surface area contributed by atoms with Crippen LogP contribution in [0.25, 0.3) is 28.0 Å². The number of benzene rings is 2. The summed E-state index contributed by atoms with van der Waals surface area (Å²) in [6.45, 7) is 2.45. The minimum absolute atomic E-state index is 0.0512. The lowest BCUT2D eigenvalue weighted by Gasteiger charge is -2.29. The van der Waals surface area contributed by atoms with Gasteiger partial charge in [0.2, 0.25) is 0 Å². The maximum Gasteiger partial charge on any atom is 0.333 e. The molecule has 0 saturated heterocycles. The largest absolute Gasteiger partial charge is 0.349 e. The molecular formula is C29H28ClN7O2. The molecule has 1 saturated carbocycles. The molecule has 3 aromatic heterocycles. The van der Waals surface area contributed by atoms with Gasteiger partial charge < -0.3 is 5.32 Å². The first-order valence-corrected chi connectivity index (χ1v) is 13.5. The molecule has 0 radical (unpaired) electrons. The van der Waals surface area contributed by atoms with E-state index in [1.54, 1.807) is 30.0 Å². The summed E-state index contributed by atoms with van der Waals surface area (Å²) in [7, 11) is 0. The molecule has 0 bridgehead atoms. The van der Waals surface area contributed by atoms with Crippen LogP contribution < -0.4 is 11.0 Å². The summed E-state index contributed by atoms with van der Waals surface area (Å²) in [5.41, 5.74) is 5.40. The fourth-order valence-corrected chi connectivity index (χ4v) is 5.66. The lowest BCUT2D eigenvalue weighted by atomic mass is 9.85. The Labute approximate surface area is 229 Å². The van der Waals surface area contributed by atoms with Crippen LogP contribution in [-0.4, -0.2) is 41.5 Å². The quantitative estimate of drug-likeness (QED) is 0.317. The molecule has 0 unspecified atom stereocenters. The maximum absolute atomic E-state index is 13.7. The number of nitrogens with one attached hydrogen (secondary N) is 2. The first-order chi connectivity index (χ1) is 19.0. The van der Waals surface area contributed by atoms with E-state index in [0.717, 1.165) is 53.7 Å². The molecule has 0 atom stereocenters. The van der Waals surface area contributed by atoms with Gasteiger partial charge in [-0.15, -0.1) is 5.10 Å². The van der Waals surface area contributed by atoms with Crippen LogP contribution >= 0.6 is 11.6 Å². The lowest BCUT2D eigenvalue weighted by molar-refractivity contribution is 0.0919. The van der Waals surface area contributed by atoms with Gasteiger partial charge in [0.1, 0.15) is 5.69 Å². The molecule has 39 heavy (non-hydrogen) atoms. The van der Waals surface area contributed by atoms with E-state index in [1.807, 2.05) is 53.1 Å². The molecule has 5 aromatic rings. The normalized spacial score (nSPS) is 17.4. The number of carbonyl (C=O) groups is 1. The highest BCUT2D eigenvalue weighted by Crippen LogP contribution is 2.28. The van der Waals surface area contributed by atoms with Gasteiger partial charge in [-0.2, -0.15) is 0 Å². The highest BCUT2D eigenvalue weighted by Gasteiger charge is 2.25. The van der Waals surface area contributed by atoms with Gasteiger partial charge in [0.05, 0.1) is 33.0 Å².